The molecule has 3 rings (SSSR count). The second kappa shape index (κ2) is 6.05. The predicted molar refractivity (Wildman–Crippen MR) is 85.4 cm³/mol. The molecule has 108 valence electrons. The summed E-state index contributed by atoms with van der Waals surface area (Å²) in [6.07, 6.45) is 3.06. The molecule has 0 aliphatic carbocycles. The van der Waals surface area contributed by atoms with Crippen molar-refractivity contribution in [2.45, 2.75) is 0 Å². The molecule has 2 aromatic carbocycles. The van der Waals surface area contributed by atoms with Crippen LogP contribution in [-0.4, -0.2) is 16.8 Å². The Morgan fingerprint density at radius 2 is 1.59 bits per heavy atom. The maximum atomic E-state index is 12.0. The minimum Gasteiger partial charge on any atom is -0.317 e. The van der Waals surface area contributed by atoms with E-state index in [4.69, 9.17) is 0 Å². The zero-order chi connectivity index (χ0) is 15.4. The molecule has 1 heterocycles. The Labute approximate surface area is 127 Å². The van der Waals surface area contributed by atoms with E-state index in [1.165, 1.54) is 6.20 Å². The Balaban J connectivity index is 1.77. The quantitative estimate of drug-likeness (QED) is 0.713. The van der Waals surface area contributed by atoms with Gasteiger partial charge in [-0.1, -0.05) is 36.4 Å². The highest BCUT2D eigenvalue weighted by Gasteiger charge is 2.15. The van der Waals surface area contributed by atoms with E-state index in [1.54, 1.807) is 24.4 Å². The lowest BCUT2D eigenvalue weighted by Crippen LogP contribution is -2.29. The Bertz CT molecular complexity index is 826. The van der Waals surface area contributed by atoms with Crippen molar-refractivity contribution in [3.05, 3.63) is 67.0 Å². The average molecular weight is 291 g/mol. The molecule has 0 atom stereocenters. The molecule has 0 saturated heterocycles. The lowest BCUT2D eigenvalue weighted by atomic mass is 10.1. The summed E-state index contributed by atoms with van der Waals surface area (Å²) >= 11 is 0. The molecular weight excluding hydrogens is 278 g/mol. The first-order valence-corrected chi connectivity index (χ1v) is 6.74. The summed E-state index contributed by atoms with van der Waals surface area (Å²) in [5.41, 5.74) is 1.07. The number of aromatic nitrogens is 1. The first-order valence-electron chi connectivity index (χ1n) is 6.74. The molecule has 0 spiro atoms. The van der Waals surface area contributed by atoms with Crippen LogP contribution in [0.15, 0.2) is 67.0 Å². The van der Waals surface area contributed by atoms with Gasteiger partial charge in [-0.15, -0.1) is 0 Å². The third-order valence-corrected chi connectivity index (χ3v) is 3.16. The Morgan fingerprint density at radius 1 is 0.818 bits per heavy atom. The highest BCUT2D eigenvalue weighted by molar-refractivity contribution is 6.44. The molecule has 2 N–H and O–H groups in total. The Kier molecular flexibility index (Phi) is 3.78. The van der Waals surface area contributed by atoms with E-state index in [-0.39, 0.29) is 0 Å². The lowest BCUT2D eigenvalue weighted by Gasteiger charge is -2.09. The van der Waals surface area contributed by atoms with Gasteiger partial charge in [0, 0.05) is 17.3 Å². The molecule has 0 unspecified atom stereocenters. The van der Waals surface area contributed by atoms with Crippen LogP contribution in [0.2, 0.25) is 0 Å². The van der Waals surface area contributed by atoms with Crippen LogP contribution in [0, 0.1) is 0 Å². The number of amides is 2. The van der Waals surface area contributed by atoms with Crippen molar-refractivity contribution < 1.29 is 9.59 Å². The number of hydrogen-bond acceptors (Lipinski definition) is 3. The van der Waals surface area contributed by atoms with Crippen LogP contribution in [0.1, 0.15) is 0 Å². The van der Waals surface area contributed by atoms with Gasteiger partial charge in [0.1, 0.15) is 0 Å². The van der Waals surface area contributed by atoms with E-state index in [2.05, 4.69) is 15.6 Å². The van der Waals surface area contributed by atoms with Crippen LogP contribution in [0.4, 0.5) is 11.4 Å². The molecular formula is C17H13N3O2. The van der Waals surface area contributed by atoms with E-state index in [1.807, 2.05) is 36.4 Å². The standard InChI is InChI=1S/C17H13N3O2/c21-16(19-13-7-4-10-18-11-13)17(22)20-15-9-3-6-12-5-1-2-8-14(12)15/h1-11H,(H,19,21)(H,20,22). The number of pyridine rings is 1. The first kappa shape index (κ1) is 13.8. The van der Waals surface area contributed by atoms with Crippen molar-refractivity contribution in [2.24, 2.45) is 0 Å². The summed E-state index contributed by atoms with van der Waals surface area (Å²) in [6.45, 7) is 0. The minimum atomic E-state index is -0.735. The van der Waals surface area contributed by atoms with E-state index in [0.29, 0.717) is 11.4 Å². The van der Waals surface area contributed by atoms with Gasteiger partial charge >= 0.3 is 11.8 Å². The van der Waals surface area contributed by atoms with Crippen molar-refractivity contribution >= 4 is 34.0 Å². The molecule has 0 radical (unpaired) electrons. The molecule has 5 heteroatoms. The van der Waals surface area contributed by atoms with Gasteiger partial charge < -0.3 is 10.6 Å². The number of fused-ring (bicyclic) bond motifs is 1. The fourth-order valence-corrected chi connectivity index (χ4v) is 2.14. The second-order valence-electron chi connectivity index (χ2n) is 4.68. The summed E-state index contributed by atoms with van der Waals surface area (Å²) in [5.74, 6) is -1.46. The maximum Gasteiger partial charge on any atom is 0.314 e. The van der Waals surface area contributed by atoms with Crippen molar-refractivity contribution in [3.8, 4) is 0 Å². The van der Waals surface area contributed by atoms with Gasteiger partial charge in [-0.3, -0.25) is 14.6 Å². The predicted octanol–water partition coefficient (Wildman–Crippen LogP) is 2.81. The fourth-order valence-electron chi connectivity index (χ4n) is 2.14. The van der Waals surface area contributed by atoms with Gasteiger partial charge in [0.2, 0.25) is 0 Å². The topological polar surface area (TPSA) is 71.1 Å². The van der Waals surface area contributed by atoms with Gasteiger partial charge in [-0.25, -0.2) is 0 Å². The van der Waals surface area contributed by atoms with Gasteiger partial charge in [-0.05, 0) is 23.6 Å². The first-order chi connectivity index (χ1) is 10.7. The molecule has 0 aliphatic rings. The van der Waals surface area contributed by atoms with Crippen molar-refractivity contribution in [1.29, 1.82) is 0 Å². The molecule has 22 heavy (non-hydrogen) atoms. The Morgan fingerprint density at radius 3 is 2.41 bits per heavy atom. The largest absolute Gasteiger partial charge is 0.317 e. The van der Waals surface area contributed by atoms with Gasteiger partial charge in [0.25, 0.3) is 0 Å². The molecule has 0 bridgehead atoms. The van der Waals surface area contributed by atoms with Gasteiger partial charge in [0.05, 0.1) is 11.9 Å². The number of nitrogens with one attached hydrogen (secondary N) is 2. The third-order valence-electron chi connectivity index (χ3n) is 3.16. The molecule has 2 amide bonds. The fraction of sp³-hybridized carbons (Fsp3) is 0. The van der Waals surface area contributed by atoms with Crippen molar-refractivity contribution in [1.82, 2.24) is 4.98 Å². The van der Waals surface area contributed by atoms with E-state index >= 15 is 0 Å². The van der Waals surface area contributed by atoms with Crippen LogP contribution >= 0.6 is 0 Å². The SMILES string of the molecule is O=C(Nc1cccnc1)C(=O)Nc1cccc2ccccc12. The molecule has 1 aromatic heterocycles. The van der Waals surface area contributed by atoms with Gasteiger partial charge in [0.15, 0.2) is 0 Å². The summed E-state index contributed by atoms with van der Waals surface area (Å²) in [6, 6.07) is 16.5. The molecule has 0 aliphatic heterocycles. The average Bonchev–Trinajstić information content (AvgIpc) is 2.56. The zero-order valence-electron chi connectivity index (χ0n) is 11.6. The highest BCUT2D eigenvalue weighted by atomic mass is 16.2. The molecule has 0 saturated carbocycles. The van der Waals surface area contributed by atoms with Crippen molar-refractivity contribution in [3.63, 3.8) is 0 Å². The monoisotopic (exact) mass is 291 g/mol. The van der Waals surface area contributed by atoms with Crippen LogP contribution in [0.5, 0.6) is 0 Å². The summed E-state index contributed by atoms with van der Waals surface area (Å²) < 4.78 is 0. The van der Waals surface area contributed by atoms with E-state index < -0.39 is 11.8 Å². The number of hydrogen-bond donors (Lipinski definition) is 2. The maximum absolute atomic E-state index is 12.0. The summed E-state index contributed by atoms with van der Waals surface area (Å²) in [7, 11) is 0. The zero-order valence-corrected chi connectivity index (χ0v) is 11.6. The molecule has 0 fully saturated rings. The summed E-state index contributed by atoms with van der Waals surface area (Å²) in [4.78, 5) is 27.8. The number of carbonyl (C=O) groups excluding carboxylic acids is 2. The second-order valence-corrected chi connectivity index (χ2v) is 4.68. The van der Waals surface area contributed by atoms with Crippen LogP contribution in [0.25, 0.3) is 10.8 Å². The molecule has 5 nitrogen and oxygen atoms in total. The summed E-state index contributed by atoms with van der Waals surface area (Å²) in [5, 5.41) is 7.01. The normalized spacial score (nSPS) is 10.2. The number of carbonyl (C=O) groups is 2. The van der Waals surface area contributed by atoms with Gasteiger partial charge in [-0.2, -0.15) is 0 Å². The number of benzene rings is 2. The van der Waals surface area contributed by atoms with Crippen LogP contribution in [0.3, 0.4) is 0 Å². The van der Waals surface area contributed by atoms with Crippen LogP contribution in [-0.2, 0) is 9.59 Å². The lowest BCUT2D eigenvalue weighted by molar-refractivity contribution is -0.132. The smallest absolute Gasteiger partial charge is 0.314 e. The van der Waals surface area contributed by atoms with E-state index in [0.717, 1.165) is 10.8 Å². The third kappa shape index (κ3) is 2.93. The van der Waals surface area contributed by atoms with Crippen molar-refractivity contribution in [2.75, 3.05) is 10.6 Å². The molecule has 3 aromatic rings. The number of rotatable bonds is 2. The highest BCUT2D eigenvalue weighted by Crippen LogP contribution is 2.22. The Hall–Kier alpha value is -3.21. The van der Waals surface area contributed by atoms with E-state index in [9.17, 15) is 9.59 Å². The number of anilines is 2. The number of nitrogens with zero attached hydrogens (tertiary/aromatic N) is 1. The van der Waals surface area contributed by atoms with Crippen LogP contribution < -0.4 is 10.6 Å². The minimum absolute atomic E-state index is 0.473.